The number of fused-ring (bicyclic) bond motifs is 7. The average molecular weight is 723 g/mol. The lowest BCUT2D eigenvalue weighted by atomic mass is 9.83. The molecule has 0 heteroatoms. The number of hydrogen-bond acceptors (Lipinski definition) is 0. The molecule has 0 saturated carbocycles. The summed E-state index contributed by atoms with van der Waals surface area (Å²) >= 11 is 0. The van der Waals surface area contributed by atoms with E-state index in [4.69, 9.17) is 0 Å². The Kier molecular flexibility index (Phi) is 10.2. The van der Waals surface area contributed by atoms with Gasteiger partial charge in [0.05, 0.1) is 0 Å². The summed E-state index contributed by atoms with van der Waals surface area (Å²) in [6, 6.07) is 63.2. The van der Waals surface area contributed by atoms with Crippen molar-refractivity contribution in [3.8, 4) is 33.4 Å². The Morgan fingerprint density at radius 1 is 0.339 bits per heavy atom. The molecule has 0 radical (unpaired) electrons. The monoisotopic (exact) mass is 722 g/mol. The molecule has 0 spiro atoms. The van der Waals surface area contributed by atoms with Crippen molar-refractivity contribution in [2.45, 2.75) is 54.4 Å². The number of hydrogen-bond donors (Lipinski definition) is 0. The molecule has 0 atom stereocenters. The maximum absolute atomic E-state index is 2.43. The molecule has 56 heavy (non-hydrogen) atoms. The van der Waals surface area contributed by atoms with E-state index in [-0.39, 0.29) is 7.43 Å². The molecular weight excluding hydrogens is 673 g/mol. The van der Waals surface area contributed by atoms with E-state index in [2.05, 4.69) is 198 Å². The zero-order chi connectivity index (χ0) is 37.5. The minimum Gasteiger partial charge on any atom is -0.0776 e. The second-order valence-corrected chi connectivity index (χ2v) is 15.1. The van der Waals surface area contributed by atoms with Gasteiger partial charge in [-0.15, -0.1) is 0 Å². The van der Waals surface area contributed by atoms with Gasteiger partial charge in [0.25, 0.3) is 0 Å². The van der Waals surface area contributed by atoms with Crippen LogP contribution in [0, 0.1) is 13.8 Å². The van der Waals surface area contributed by atoms with E-state index in [1.807, 2.05) is 0 Å². The first kappa shape index (κ1) is 36.7. The first-order valence-electron chi connectivity index (χ1n) is 19.9. The van der Waals surface area contributed by atoms with Crippen LogP contribution in [-0.2, 0) is 0 Å². The van der Waals surface area contributed by atoms with E-state index < -0.39 is 0 Å². The van der Waals surface area contributed by atoms with E-state index in [0.717, 1.165) is 0 Å². The van der Waals surface area contributed by atoms with Gasteiger partial charge in [-0.3, -0.25) is 0 Å². The summed E-state index contributed by atoms with van der Waals surface area (Å²) in [5.41, 5.74) is 10.3. The third-order valence-corrected chi connectivity index (χ3v) is 11.7. The van der Waals surface area contributed by atoms with Crippen molar-refractivity contribution < 1.29 is 0 Å². The minimum atomic E-state index is 0. The zero-order valence-corrected chi connectivity index (χ0v) is 32.3. The van der Waals surface area contributed by atoms with Crippen molar-refractivity contribution in [2.75, 3.05) is 0 Å². The predicted octanol–water partition coefficient (Wildman–Crippen LogP) is 17.1. The van der Waals surface area contributed by atoms with E-state index in [0.29, 0.717) is 0 Å². The molecule has 0 amide bonds. The molecular formula is C56H50. The van der Waals surface area contributed by atoms with Gasteiger partial charge in [0, 0.05) is 0 Å². The average Bonchev–Trinajstić information content (AvgIpc) is 3.23. The lowest BCUT2D eigenvalue weighted by Crippen LogP contribution is -1.94. The molecule has 10 aromatic rings. The van der Waals surface area contributed by atoms with Gasteiger partial charge < -0.3 is 0 Å². The van der Waals surface area contributed by atoms with Crippen LogP contribution in [0.25, 0.3) is 98.0 Å². The number of unbranched alkanes of at least 4 members (excludes halogenated alkanes) is 2. The first-order valence-corrected chi connectivity index (χ1v) is 19.9. The van der Waals surface area contributed by atoms with E-state index in [1.54, 1.807) is 0 Å². The molecule has 10 rings (SSSR count). The molecule has 0 aromatic heterocycles. The molecule has 0 bridgehead atoms. The van der Waals surface area contributed by atoms with Gasteiger partial charge in [-0.2, -0.15) is 0 Å². The SMILES string of the molecule is C.CCCCC.Cc1ccc(-c2c3ccccc3c(-c3cccc4c3ccc3cc5ccccc5cc34)c3ccccc23)cc1-c1ccc2ccccc2c1C. The molecule has 0 fully saturated rings. The second-order valence-electron chi connectivity index (χ2n) is 15.1. The lowest BCUT2D eigenvalue weighted by Gasteiger charge is -2.20. The third-order valence-electron chi connectivity index (χ3n) is 11.7. The summed E-state index contributed by atoms with van der Waals surface area (Å²) in [6.07, 6.45) is 4.08. The Labute approximate surface area is 332 Å². The highest BCUT2D eigenvalue weighted by Gasteiger charge is 2.19. The van der Waals surface area contributed by atoms with Crippen LogP contribution >= 0.6 is 0 Å². The largest absolute Gasteiger partial charge is 0.0776 e. The second kappa shape index (κ2) is 15.5. The Balaban J connectivity index is 0.000000694. The maximum atomic E-state index is 2.43. The molecule has 274 valence electrons. The Morgan fingerprint density at radius 3 is 1.54 bits per heavy atom. The highest BCUT2D eigenvalue weighted by Crippen LogP contribution is 2.47. The molecule has 10 aromatic carbocycles. The van der Waals surface area contributed by atoms with Gasteiger partial charge in [0.15, 0.2) is 0 Å². The summed E-state index contributed by atoms with van der Waals surface area (Å²) < 4.78 is 0. The van der Waals surface area contributed by atoms with Crippen molar-refractivity contribution in [1.29, 1.82) is 0 Å². The van der Waals surface area contributed by atoms with Crippen molar-refractivity contribution in [3.63, 3.8) is 0 Å². The molecule has 0 nitrogen and oxygen atoms in total. The fourth-order valence-electron chi connectivity index (χ4n) is 8.87. The smallest absolute Gasteiger partial charge is 0.00201 e. The van der Waals surface area contributed by atoms with Crippen LogP contribution in [0.3, 0.4) is 0 Å². The maximum Gasteiger partial charge on any atom is -0.00201 e. The Bertz CT molecular complexity index is 2990. The molecule has 0 aliphatic carbocycles. The van der Waals surface area contributed by atoms with Crippen LogP contribution in [0.2, 0.25) is 0 Å². The van der Waals surface area contributed by atoms with Crippen LogP contribution < -0.4 is 0 Å². The van der Waals surface area contributed by atoms with Gasteiger partial charge in [-0.25, -0.2) is 0 Å². The summed E-state index contributed by atoms with van der Waals surface area (Å²) in [6.45, 7) is 8.92. The van der Waals surface area contributed by atoms with Crippen LogP contribution in [0.4, 0.5) is 0 Å². The van der Waals surface area contributed by atoms with Gasteiger partial charge in [-0.05, 0) is 141 Å². The molecule has 0 unspecified atom stereocenters. The predicted molar refractivity (Wildman–Crippen MR) is 249 cm³/mol. The highest BCUT2D eigenvalue weighted by atomic mass is 14.2. The normalized spacial score (nSPS) is 11.3. The zero-order valence-electron chi connectivity index (χ0n) is 32.3. The molecule has 0 aliphatic heterocycles. The van der Waals surface area contributed by atoms with Crippen molar-refractivity contribution in [3.05, 3.63) is 181 Å². The fraction of sp³-hybridized carbons (Fsp3) is 0.143. The molecule has 0 heterocycles. The number of aryl methyl sites for hydroxylation is 2. The van der Waals surface area contributed by atoms with Crippen LogP contribution in [0.15, 0.2) is 170 Å². The number of rotatable bonds is 5. The first-order chi connectivity index (χ1) is 27.1. The van der Waals surface area contributed by atoms with E-state index >= 15 is 0 Å². The summed E-state index contributed by atoms with van der Waals surface area (Å²) in [5, 5.41) is 15.4. The number of benzene rings is 10. The quantitative estimate of drug-likeness (QED) is 0.123. The third kappa shape index (κ3) is 6.30. The fourth-order valence-corrected chi connectivity index (χ4v) is 8.87. The lowest BCUT2D eigenvalue weighted by molar-refractivity contribution is 0.772. The highest BCUT2D eigenvalue weighted by molar-refractivity contribution is 6.25. The summed E-state index contributed by atoms with van der Waals surface area (Å²) in [7, 11) is 0. The summed E-state index contributed by atoms with van der Waals surface area (Å²) in [4.78, 5) is 0. The Hall–Kier alpha value is -6.24. The van der Waals surface area contributed by atoms with Gasteiger partial charge in [-0.1, -0.05) is 192 Å². The molecule has 0 saturated heterocycles. The topological polar surface area (TPSA) is 0 Å². The van der Waals surface area contributed by atoms with Gasteiger partial charge in [0.1, 0.15) is 0 Å². The van der Waals surface area contributed by atoms with Crippen molar-refractivity contribution in [1.82, 2.24) is 0 Å². The van der Waals surface area contributed by atoms with Gasteiger partial charge in [0.2, 0.25) is 0 Å². The standard InChI is InChI=1S/C50H34.C5H12.CH4/c1-31-22-23-37(30-47(31)39-26-24-33-12-5-6-15-38(33)32(39)2)49-43-16-7-9-18-45(43)50(46-19-10-8-17-44(46)49)42-21-11-20-40-41(42)27-25-36-28-34-13-3-4-14-35(34)29-48(36)40;1-3-5-4-2;/h3-30H,1-2H3;3-5H2,1-2H3;1H4. The van der Waals surface area contributed by atoms with Crippen LogP contribution in [-0.4, -0.2) is 0 Å². The Morgan fingerprint density at radius 2 is 0.893 bits per heavy atom. The molecule has 0 N–H and O–H groups in total. The molecule has 0 aliphatic rings. The van der Waals surface area contributed by atoms with E-state index in [9.17, 15) is 0 Å². The van der Waals surface area contributed by atoms with Crippen LogP contribution in [0.1, 0.15) is 51.7 Å². The van der Waals surface area contributed by atoms with Gasteiger partial charge >= 0.3 is 0 Å². The van der Waals surface area contributed by atoms with Crippen LogP contribution in [0.5, 0.6) is 0 Å². The van der Waals surface area contributed by atoms with E-state index in [1.165, 1.54) is 128 Å². The minimum absolute atomic E-state index is 0. The summed E-state index contributed by atoms with van der Waals surface area (Å²) in [5.74, 6) is 0. The van der Waals surface area contributed by atoms with Crippen molar-refractivity contribution in [2.24, 2.45) is 0 Å². The van der Waals surface area contributed by atoms with Crippen molar-refractivity contribution >= 4 is 64.6 Å².